The van der Waals surface area contributed by atoms with Crippen LogP contribution in [0.3, 0.4) is 0 Å². The molecule has 0 spiro atoms. The van der Waals surface area contributed by atoms with Crippen LogP contribution in [0.2, 0.25) is 0 Å². The van der Waals surface area contributed by atoms with Crippen LogP contribution in [0.1, 0.15) is 27.2 Å². The predicted molar refractivity (Wildman–Crippen MR) is 55.8 cm³/mol. The second-order valence-corrected chi connectivity index (χ2v) is 4.77. The fraction of sp³-hybridized carbons (Fsp3) is 0.900. The molecule has 1 saturated heterocycles. The van der Waals surface area contributed by atoms with Crippen LogP contribution >= 0.6 is 11.6 Å². The van der Waals surface area contributed by atoms with Crippen LogP contribution in [0.4, 0.5) is 0 Å². The Morgan fingerprint density at radius 2 is 1.93 bits per heavy atom. The second kappa shape index (κ2) is 4.68. The second-order valence-electron chi connectivity index (χ2n) is 4.50. The fourth-order valence-electron chi connectivity index (χ4n) is 1.32. The summed E-state index contributed by atoms with van der Waals surface area (Å²) in [5, 5.41) is 0. The maximum atomic E-state index is 11.5. The number of esters is 1. The molecule has 0 N–H and O–H groups in total. The van der Waals surface area contributed by atoms with Gasteiger partial charge in [-0.3, -0.25) is 4.79 Å². The smallest absolute Gasteiger partial charge is 0.311 e. The Morgan fingerprint density at radius 3 is 2.33 bits per heavy atom. The van der Waals surface area contributed by atoms with Gasteiger partial charge >= 0.3 is 5.97 Å². The van der Waals surface area contributed by atoms with E-state index in [9.17, 15) is 4.79 Å². The lowest BCUT2D eigenvalue weighted by atomic mass is 10.2. The number of carbonyl (C=O) groups is 1. The summed E-state index contributed by atoms with van der Waals surface area (Å²) in [7, 11) is 0. The average Bonchev–Trinajstić information content (AvgIpc) is 2.50. The summed E-state index contributed by atoms with van der Waals surface area (Å²) in [4.78, 5) is 11.5. The van der Waals surface area contributed by atoms with Gasteiger partial charge in [0.15, 0.2) is 5.79 Å². The van der Waals surface area contributed by atoms with Gasteiger partial charge in [0.25, 0.3) is 0 Å². The largest absolute Gasteiger partial charge is 0.460 e. The van der Waals surface area contributed by atoms with E-state index in [0.717, 1.165) is 0 Å². The highest BCUT2D eigenvalue weighted by molar-refractivity contribution is 6.18. The molecule has 0 aromatic carbocycles. The molecule has 0 saturated carbocycles. The predicted octanol–water partition coefficient (Wildman–Crippen LogP) is 1.70. The van der Waals surface area contributed by atoms with Crippen LogP contribution < -0.4 is 0 Å². The summed E-state index contributed by atoms with van der Waals surface area (Å²) in [6.45, 7) is 6.38. The zero-order valence-corrected chi connectivity index (χ0v) is 10.1. The Hall–Kier alpha value is -0.320. The van der Waals surface area contributed by atoms with Crippen molar-refractivity contribution >= 4 is 17.6 Å². The monoisotopic (exact) mass is 236 g/mol. The van der Waals surface area contributed by atoms with Crippen molar-refractivity contribution in [3.63, 3.8) is 0 Å². The molecule has 1 rings (SSSR count). The Morgan fingerprint density at radius 1 is 1.40 bits per heavy atom. The number of hydrogen-bond acceptors (Lipinski definition) is 4. The van der Waals surface area contributed by atoms with E-state index in [4.69, 9.17) is 25.8 Å². The number of rotatable bonds is 3. The standard InChI is InChI=1S/C10H17ClO4/c1-9(2,3)15-8(12)6-10(7-11)13-4-5-14-10/h4-7H2,1-3H3. The molecule has 0 bridgehead atoms. The molecule has 0 amide bonds. The molecule has 0 radical (unpaired) electrons. The van der Waals surface area contributed by atoms with Crippen LogP contribution in [-0.4, -0.2) is 36.5 Å². The first kappa shape index (κ1) is 12.7. The van der Waals surface area contributed by atoms with E-state index in [1.165, 1.54) is 0 Å². The maximum Gasteiger partial charge on any atom is 0.311 e. The highest BCUT2D eigenvalue weighted by Crippen LogP contribution is 2.26. The number of halogens is 1. The van der Waals surface area contributed by atoms with Crippen molar-refractivity contribution in [2.75, 3.05) is 19.1 Å². The van der Waals surface area contributed by atoms with Gasteiger partial charge in [-0.05, 0) is 20.8 Å². The number of alkyl halides is 1. The van der Waals surface area contributed by atoms with Crippen molar-refractivity contribution in [2.45, 2.75) is 38.6 Å². The Balaban J connectivity index is 2.49. The molecule has 0 aromatic rings. The van der Waals surface area contributed by atoms with Gasteiger partial charge in [-0.1, -0.05) is 0 Å². The van der Waals surface area contributed by atoms with Gasteiger partial charge in [-0.25, -0.2) is 0 Å². The van der Waals surface area contributed by atoms with Gasteiger partial charge in [0.2, 0.25) is 0 Å². The lowest BCUT2D eigenvalue weighted by molar-refractivity contribution is -0.181. The molecule has 5 heteroatoms. The summed E-state index contributed by atoms with van der Waals surface area (Å²) in [5.74, 6) is -1.21. The molecule has 0 aromatic heterocycles. The van der Waals surface area contributed by atoms with Crippen molar-refractivity contribution < 1.29 is 19.0 Å². The summed E-state index contributed by atoms with van der Waals surface area (Å²) in [6.07, 6.45) is 0.0355. The van der Waals surface area contributed by atoms with Gasteiger partial charge in [0, 0.05) is 0 Å². The minimum Gasteiger partial charge on any atom is -0.460 e. The Kier molecular flexibility index (Phi) is 3.98. The summed E-state index contributed by atoms with van der Waals surface area (Å²) in [6, 6.07) is 0. The quantitative estimate of drug-likeness (QED) is 0.553. The normalized spacial score (nSPS) is 20.3. The van der Waals surface area contributed by atoms with Crippen LogP contribution in [-0.2, 0) is 19.0 Å². The van der Waals surface area contributed by atoms with E-state index in [0.29, 0.717) is 13.2 Å². The lowest BCUT2D eigenvalue weighted by Gasteiger charge is -2.26. The fourth-order valence-corrected chi connectivity index (χ4v) is 1.57. The molecule has 0 unspecified atom stereocenters. The average molecular weight is 237 g/mol. The summed E-state index contributed by atoms with van der Waals surface area (Å²) >= 11 is 5.72. The third-order valence-electron chi connectivity index (χ3n) is 1.85. The molecular formula is C10H17ClO4. The van der Waals surface area contributed by atoms with E-state index in [1.54, 1.807) is 0 Å². The Labute approximate surface area is 94.8 Å². The van der Waals surface area contributed by atoms with E-state index >= 15 is 0 Å². The van der Waals surface area contributed by atoms with Crippen molar-refractivity contribution in [3.8, 4) is 0 Å². The molecule has 1 fully saturated rings. The van der Waals surface area contributed by atoms with Crippen molar-refractivity contribution in [1.82, 2.24) is 0 Å². The molecule has 1 heterocycles. The summed E-state index contributed by atoms with van der Waals surface area (Å²) < 4.78 is 15.8. The molecule has 88 valence electrons. The first-order valence-electron chi connectivity index (χ1n) is 4.93. The van der Waals surface area contributed by atoms with Gasteiger partial charge in [-0.15, -0.1) is 11.6 Å². The van der Waals surface area contributed by atoms with Gasteiger partial charge in [0.05, 0.1) is 19.1 Å². The number of hydrogen-bond donors (Lipinski definition) is 0. The first-order chi connectivity index (χ1) is 6.87. The van der Waals surface area contributed by atoms with E-state index in [1.807, 2.05) is 20.8 Å². The number of ether oxygens (including phenoxy) is 3. The third-order valence-corrected chi connectivity index (χ3v) is 2.26. The van der Waals surface area contributed by atoms with Crippen LogP contribution in [0.5, 0.6) is 0 Å². The van der Waals surface area contributed by atoms with Gasteiger partial charge in [-0.2, -0.15) is 0 Å². The van der Waals surface area contributed by atoms with E-state index in [2.05, 4.69) is 0 Å². The van der Waals surface area contributed by atoms with Crippen LogP contribution in [0.25, 0.3) is 0 Å². The minimum absolute atomic E-state index is 0.0355. The molecule has 15 heavy (non-hydrogen) atoms. The SMILES string of the molecule is CC(C)(C)OC(=O)CC1(CCl)OCCO1. The highest BCUT2D eigenvalue weighted by atomic mass is 35.5. The van der Waals surface area contributed by atoms with Crippen LogP contribution in [0, 0.1) is 0 Å². The van der Waals surface area contributed by atoms with Crippen molar-refractivity contribution in [2.24, 2.45) is 0 Å². The van der Waals surface area contributed by atoms with Crippen molar-refractivity contribution in [3.05, 3.63) is 0 Å². The molecule has 0 atom stereocenters. The summed E-state index contributed by atoms with van der Waals surface area (Å²) in [5.41, 5.74) is -0.497. The highest BCUT2D eigenvalue weighted by Gasteiger charge is 2.39. The Bertz CT molecular complexity index is 228. The van der Waals surface area contributed by atoms with Gasteiger partial charge in [0.1, 0.15) is 12.0 Å². The molecule has 4 nitrogen and oxygen atoms in total. The van der Waals surface area contributed by atoms with Crippen LogP contribution in [0.15, 0.2) is 0 Å². The third kappa shape index (κ3) is 3.97. The zero-order valence-electron chi connectivity index (χ0n) is 9.34. The molecule has 0 aliphatic carbocycles. The van der Waals surface area contributed by atoms with E-state index in [-0.39, 0.29) is 18.3 Å². The molecular weight excluding hydrogens is 220 g/mol. The molecule has 1 aliphatic rings. The lowest BCUT2D eigenvalue weighted by Crippen LogP contribution is -2.37. The van der Waals surface area contributed by atoms with E-state index < -0.39 is 11.4 Å². The first-order valence-corrected chi connectivity index (χ1v) is 5.46. The van der Waals surface area contributed by atoms with Crippen molar-refractivity contribution in [1.29, 1.82) is 0 Å². The number of carbonyl (C=O) groups excluding carboxylic acids is 1. The zero-order chi connectivity index (χ0) is 11.5. The maximum absolute atomic E-state index is 11.5. The topological polar surface area (TPSA) is 44.8 Å². The molecule has 1 aliphatic heterocycles. The minimum atomic E-state index is -0.982. The van der Waals surface area contributed by atoms with Gasteiger partial charge < -0.3 is 14.2 Å².